The normalized spacial score (nSPS) is 14.5. The van der Waals surface area contributed by atoms with Gasteiger partial charge in [0.1, 0.15) is 0 Å². The van der Waals surface area contributed by atoms with Crippen molar-refractivity contribution in [2.75, 3.05) is 13.2 Å². The zero-order chi connectivity index (χ0) is 29.5. The van der Waals surface area contributed by atoms with E-state index in [4.69, 9.17) is 11.5 Å². The predicted octanol–water partition coefficient (Wildman–Crippen LogP) is 9.96. The number of aliphatic hydroxyl groups is 2. The average Bonchev–Trinajstić information content (AvgIpc) is 2.94. The second-order valence-corrected chi connectivity index (χ2v) is 12.8. The maximum atomic E-state index is 9.57. The van der Waals surface area contributed by atoms with E-state index < -0.39 is 0 Å². The van der Waals surface area contributed by atoms with E-state index >= 15 is 0 Å². The first kappa shape index (κ1) is 41.0. The summed E-state index contributed by atoms with van der Waals surface area (Å²) in [6, 6.07) is 0. The molecule has 0 rings (SSSR count). The Labute approximate surface area is 246 Å². The Bertz CT molecular complexity index is 462. The molecule has 2 atom stereocenters. The van der Waals surface area contributed by atoms with Crippen LogP contribution in [0, 0.1) is 0 Å². The molecule has 0 spiro atoms. The molecular weight excluding hydrogens is 480 g/mol. The lowest BCUT2D eigenvalue weighted by molar-refractivity contribution is 0.171. The molecule has 0 bridgehead atoms. The lowest BCUT2D eigenvalue weighted by Crippen LogP contribution is -2.43. The van der Waals surface area contributed by atoms with Gasteiger partial charge in [0.05, 0.1) is 13.2 Å². The summed E-state index contributed by atoms with van der Waals surface area (Å²) in [5.41, 5.74) is 12.0. The minimum absolute atomic E-state index is 0.145. The van der Waals surface area contributed by atoms with Crippen LogP contribution >= 0.6 is 0 Å². The van der Waals surface area contributed by atoms with Crippen molar-refractivity contribution in [3.05, 3.63) is 0 Å². The average molecular weight is 557 g/mol. The number of unbranched alkanes of at least 4 members (excludes halogenated alkanes) is 19. The van der Waals surface area contributed by atoms with E-state index in [0.29, 0.717) is 0 Å². The molecule has 0 amide bonds. The Kier molecular flexibility index (Phi) is 32.4. The van der Waals surface area contributed by atoms with Crippen LogP contribution in [0.5, 0.6) is 0 Å². The molecule has 0 aromatic heterocycles. The minimum Gasteiger partial charge on any atom is -0.394 e. The van der Waals surface area contributed by atoms with Gasteiger partial charge in [0.25, 0.3) is 0 Å². The minimum atomic E-state index is -0.311. The van der Waals surface area contributed by atoms with E-state index in [9.17, 15) is 10.2 Å². The first-order valence-corrected chi connectivity index (χ1v) is 17.7. The second kappa shape index (κ2) is 30.8. The van der Waals surface area contributed by atoms with Crippen LogP contribution in [0.1, 0.15) is 201 Å². The van der Waals surface area contributed by atoms with E-state index in [-0.39, 0.29) is 24.3 Å². The number of hydrogen-bond acceptors (Lipinski definition) is 4. The number of rotatable bonds is 29. The third kappa shape index (κ3) is 29.1. The van der Waals surface area contributed by atoms with Gasteiger partial charge in [0.2, 0.25) is 0 Å². The van der Waals surface area contributed by atoms with E-state index in [1.165, 1.54) is 141 Å². The van der Waals surface area contributed by atoms with Crippen molar-refractivity contribution in [3.63, 3.8) is 0 Å². The van der Waals surface area contributed by atoms with E-state index in [1.54, 1.807) is 0 Å². The summed E-state index contributed by atoms with van der Waals surface area (Å²) in [6.07, 6.45) is 33.8. The molecule has 0 fully saturated rings. The molecule has 0 radical (unpaired) electrons. The molecule has 0 saturated heterocycles. The fourth-order valence-corrected chi connectivity index (χ4v) is 5.42. The van der Waals surface area contributed by atoms with Crippen molar-refractivity contribution in [1.82, 2.24) is 0 Å². The Balaban J connectivity index is 0. The lowest BCUT2D eigenvalue weighted by Gasteiger charge is -2.27. The summed E-state index contributed by atoms with van der Waals surface area (Å²) in [5, 5.41) is 19.0. The molecule has 4 heteroatoms. The highest BCUT2D eigenvalue weighted by atomic mass is 16.3. The molecular formula is C35H76N2O2. The van der Waals surface area contributed by atoms with Gasteiger partial charge in [0, 0.05) is 11.1 Å². The Morgan fingerprint density at radius 3 is 0.744 bits per heavy atom. The number of aliphatic hydroxyl groups excluding tert-OH is 2. The van der Waals surface area contributed by atoms with Gasteiger partial charge in [-0.05, 0) is 25.7 Å². The zero-order valence-corrected chi connectivity index (χ0v) is 27.6. The largest absolute Gasteiger partial charge is 0.394 e. The molecule has 4 nitrogen and oxygen atoms in total. The van der Waals surface area contributed by atoms with Crippen LogP contribution < -0.4 is 11.5 Å². The van der Waals surface area contributed by atoms with Crippen molar-refractivity contribution < 1.29 is 10.2 Å². The maximum Gasteiger partial charge on any atom is 0.0611 e. The van der Waals surface area contributed by atoms with Crippen LogP contribution in [-0.4, -0.2) is 34.5 Å². The maximum absolute atomic E-state index is 9.57. The highest BCUT2D eigenvalue weighted by Crippen LogP contribution is 2.22. The van der Waals surface area contributed by atoms with Gasteiger partial charge in [-0.25, -0.2) is 0 Å². The third-order valence-electron chi connectivity index (χ3n) is 8.49. The number of hydrogen-bond donors (Lipinski definition) is 4. The first-order valence-electron chi connectivity index (χ1n) is 17.7. The fraction of sp³-hybridized carbons (Fsp3) is 1.00. The molecule has 0 saturated carbocycles. The highest BCUT2D eigenvalue weighted by molar-refractivity contribution is 4.83. The monoisotopic (exact) mass is 557 g/mol. The fourth-order valence-electron chi connectivity index (χ4n) is 5.42. The van der Waals surface area contributed by atoms with Gasteiger partial charge >= 0.3 is 0 Å². The SMILES string of the molecule is CCCCCCCCCC(N)(CO)CCCCC.CCCCCCCCCC(N)(CO)CCCCCCCC. The van der Waals surface area contributed by atoms with Crippen LogP contribution in [0.15, 0.2) is 0 Å². The highest BCUT2D eigenvalue weighted by Gasteiger charge is 2.23. The van der Waals surface area contributed by atoms with E-state index in [2.05, 4.69) is 27.7 Å². The van der Waals surface area contributed by atoms with Gasteiger partial charge in [0.15, 0.2) is 0 Å². The summed E-state index contributed by atoms with van der Waals surface area (Å²) in [6.45, 7) is 9.25. The summed E-state index contributed by atoms with van der Waals surface area (Å²) in [5.74, 6) is 0. The van der Waals surface area contributed by atoms with Crippen LogP contribution in [0.4, 0.5) is 0 Å². The van der Waals surface area contributed by atoms with Crippen LogP contribution in [-0.2, 0) is 0 Å². The second-order valence-electron chi connectivity index (χ2n) is 12.8. The summed E-state index contributed by atoms with van der Waals surface area (Å²) >= 11 is 0. The lowest BCUT2D eigenvalue weighted by atomic mass is 9.88. The predicted molar refractivity (Wildman–Crippen MR) is 175 cm³/mol. The molecule has 6 N–H and O–H groups in total. The Hall–Kier alpha value is -0.160. The Morgan fingerprint density at radius 2 is 0.513 bits per heavy atom. The van der Waals surface area contributed by atoms with Gasteiger partial charge in [-0.15, -0.1) is 0 Å². The summed E-state index contributed by atoms with van der Waals surface area (Å²) in [7, 11) is 0. The molecule has 0 aromatic carbocycles. The molecule has 238 valence electrons. The van der Waals surface area contributed by atoms with Crippen LogP contribution in [0.3, 0.4) is 0 Å². The van der Waals surface area contributed by atoms with Crippen molar-refractivity contribution in [2.45, 2.75) is 212 Å². The molecule has 2 unspecified atom stereocenters. The first-order chi connectivity index (χ1) is 18.9. The van der Waals surface area contributed by atoms with Crippen molar-refractivity contribution in [1.29, 1.82) is 0 Å². The van der Waals surface area contributed by atoms with E-state index in [0.717, 1.165) is 32.1 Å². The van der Waals surface area contributed by atoms with Gasteiger partial charge in [-0.3, -0.25) is 0 Å². The quantitative estimate of drug-likeness (QED) is 0.0690. The topological polar surface area (TPSA) is 92.5 Å². The summed E-state index contributed by atoms with van der Waals surface area (Å²) in [4.78, 5) is 0. The van der Waals surface area contributed by atoms with Crippen molar-refractivity contribution in [2.24, 2.45) is 11.5 Å². The van der Waals surface area contributed by atoms with Gasteiger partial charge in [-0.1, -0.05) is 175 Å². The molecule has 0 aliphatic heterocycles. The van der Waals surface area contributed by atoms with Crippen molar-refractivity contribution in [3.8, 4) is 0 Å². The van der Waals surface area contributed by atoms with Crippen LogP contribution in [0.25, 0.3) is 0 Å². The van der Waals surface area contributed by atoms with Gasteiger partial charge < -0.3 is 21.7 Å². The van der Waals surface area contributed by atoms with E-state index in [1.807, 2.05) is 0 Å². The Morgan fingerprint density at radius 1 is 0.333 bits per heavy atom. The molecule has 0 aliphatic carbocycles. The molecule has 0 aliphatic rings. The molecule has 0 heterocycles. The zero-order valence-electron chi connectivity index (χ0n) is 27.6. The van der Waals surface area contributed by atoms with Crippen LogP contribution in [0.2, 0.25) is 0 Å². The van der Waals surface area contributed by atoms with Crippen molar-refractivity contribution >= 4 is 0 Å². The smallest absolute Gasteiger partial charge is 0.0611 e. The summed E-state index contributed by atoms with van der Waals surface area (Å²) < 4.78 is 0. The third-order valence-corrected chi connectivity index (χ3v) is 8.49. The standard InChI is InChI=1S/C19H41NO.C16H35NO/c1-3-5-7-9-11-13-15-17-19(20,18-21)16-14-12-10-8-6-4-2;1-3-5-7-8-9-10-12-14-16(17,15-18)13-11-6-4-2/h21H,3-18,20H2,1-2H3;18H,3-15,17H2,1-2H3. The molecule has 39 heavy (non-hydrogen) atoms. The van der Waals surface area contributed by atoms with Gasteiger partial charge in [-0.2, -0.15) is 0 Å². The molecule has 0 aromatic rings. The number of nitrogens with two attached hydrogens (primary N) is 2.